The normalized spacial score (nSPS) is 15.3. The molecule has 0 atom stereocenters. The summed E-state index contributed by atoms with van der Waals surface area (Å²) in [5.41, 5.74) is 14.2. The number of piperidine rings is 2. The fourth-order valence-corrected chi connectivity index (χ4v) is 13.2. The third kappa shape index (κ3) is 16.5. The average molecular weight is 1130 g/mol. The number of hydrogen-bond acceptors (Lipinski definition) is 19. The molecule has 0 bridgehead atoms. The third-order valence-electron chi connectivity index (χ3n) is 13.3. The molecule has 0 amide bonds. The highest BCUT2D eigenvalue weighted by molar-refractivity contribution is 7.89. The molecule has 0 spiro atoms. The number of rotatable bonds is 28. The Kier molecular flexibility index (Phi) is 21.0. The van der Waals surface area contributed by atoms with Gasteiger partial charge >= 0.3 is 8.25 Å². The zero-order valence-corrected chi connectivity index (χ0v) is 45.7. The van der Waals surface area contributed by atoms with Crippen molar-refractivity contribution in [1.29, 1.82) is 0 Å². The van der Waals surface area contributed by atoms with Crippen molar-refractivity contribution in [2.24, 2.45) is 11.5 Å². The number of nitrogens with zero attached hydrogens (tertiary/aromatic N) is 8. The molecular formula is C52H67F2N14O7PS2. The third-order valence-corrected chi connectivity index (χ3v) is 18.1. The second-order valence-electron chi connectivity index (χ2n) is 18.7. The summed E-state index contributed by atoms with van der Waals surface area (Å²) < 4.78 is 110. The molecule has 0 unspecified atom stereocenters. The van der Waals surface area contributed by atoms with Gasteiger partial charge in [-0.2, -0.15) is 18.6 Å². The van der Waals surface area contributed by atoms with E-state index in [9.17, 15) is 30.2 Å². The molecule has 4 heterocycles. The Labute approximate surface area is 455 Å². The topological polar surface area (TPSA) is 268 Å². The second kappa shape index (κ2) is 28.2. The molecule has 0 radical (unpaired) electrons. The van der Waals surface area contributed by atoms with Gasteiger partial charge in [0.15, 0.2) is 0 Å². The van der Waals surface area contributed by atoms with Gasteiger partial charge in [0, 0.05) is 73.4 Å². The average Bonchev–Trinajstić information content (AvgIpc) is 3.49. The molecular weight excluding hydrogens is 1070 g/mol. The summed E-state index contributed by atoms with van der Waals surface area (Å²) >= 11 is 0. The van der Waals surface area contributed by atoms with Crippen molar-refractivity contribution in [3.05, 3.63) is 133 Å². The summed E-state index contributed by atoms with van der Waals surface area (Å²) in [7, 11) is -10.5. The summed E-state index contributed by atoms with van der Waals surface area (Å²) in [4.78, 5) is 22.1. The summed E-state index contributed by atoms with van der Waals surface area (Å²) in [5, 5.41) is 12.4. The van der Waals surface area contributed by atoms with Gasteiger partial charge in [0.05, 0.1) is 23.0 Å². The van der Waals surface area contributed by atoms with Gasteiger partial charge in [-0.3, -0.25) is 4.57 Å². The minimum Gasteiger partial charge on any atom is -0.340 e. The van der Waals surface area contributed by atoms with Crippen LogP contribution < -0.4 is 32.7 Å². The number of halogens is 2. The Bertz CT molecular complexity index is 2890. The van der Waals surface area contributed by atoms with Gasteiger partial charge in [0.1, 0.15) is 23.3 Å². The lowest BCUT2D eigenvalue weighted by Crippen LogP contribution is -2.48. The Balaban J connectivity index is 0.737. The van der Waals surface area contributed by atoms with Gasteiger partial charge in [-0.1, -0.05) is 0 Å². The molecule has 26 heteroatoms. The summed E-state index contributed by atoms with van der Waals surface area (Å²) in [6, 6.07) is 27.5. The lowest BCUT2D eigenvalue weighted by Gasteiger charge is -2.38. The van der Waals surface area contributed by atoms with E-state index in [1.807, 2.05) is 0 Å². The zero-order valence-electron chi connectivity index (χ0n) is 43.1. The van der Waals surface area contributed by atoms with Crippen LogP contribution >= 0.6 is 8.25 Å². The molecule has 2 aliphatic rings. The predicted molar refractivity (Wildman–Crippen MR) is 298 cm³/mol. The maximum atomic E-state index is 14.1. The van der Waals surface area contributed by atoms with Crippen LogP contribution in [0.1, 0.15) is 38.5 Å². The van der Waals surface area contributed by atoms with E-state index in [0.717, 1.165) is 0 Å². The predicted octanol–water partition coefficient (Wildman–Crippen LogP) is 7.25. The first-order valence-corrected chi connectivity index (χ1v) is 30.0. The van der Waals surface area contributed by atoms with Crippen molar-refractivity contribution in [2.45, 2.75) is 60.4 Å². The smallest absolute Gasteiger partial charge is 0.319 e. The molecule has 2 aliphatic heterocycles. The number of anilines is 8. The van der Waals surface area contributed by atoms with Crippen LogP contribution in [-0.2, 0) is 33.7 Å². The van der Waals surface area contributed by atoms with Crippen LogP contribution in [0.2, 0.25) is 0 Å². The van der Waals surface area contributed by atoms with Crippen molar-refractivity contribution in [2.75, 3.05) is 99.9 Å². The SMILES string of the molecule is NCCCN(C1CCN(CCO[PH](=O)OCCN2CCC(N(CCCN)S(=O)(=O)c3ccc(Nc4nccc(Nc5ccc(F)cc5)n4)cc3)CC2)CC1)S(=O)(=O)c1ccc(Nc2nccc(Nc3ccc(F)cc3)n2)cc1. The van der Waals surface area contributed by atoms with E-state index in [1.165, 1.54) is 24.3 Å². The molecule has 8 rings (SSSR count). The lowest BCUT2D eigenvalue weighted by molar-refractivity contribution is 0.121. The number of sulfonamides is 2. The van der Waals surface area contributed by atoms with Gasteiger partial charge in [-0.15, -0.1) is 0 Å². The van der Waals surface area contributed by atoms with Crippen molar-refractivity contribution in [1.82, 2.24) is 38.3 Å². The van der Waals surface area contributed by atoms with Crippen LogP contribution in [0.5, 0.6) is 0 Å². The summed E-state index contributed by atoms with van der Waals surface area (Å²) in [5.74, 6) is 0.864. The molecule has 2 aromatic heterocycles. The van der Waals surface area contributed by atoms with Crippen LogP contribution in [0.25, 0.3) is 0 Å². The standard InChI is InChI=1S/C52H67F2N14O7PS2/c53-39-3-7-41(8-4-39)59-49-19-27-57-51(63-49)61-43-11-15-47(16-12-43)77(70,71)67(29-1-25-55)45-21-31-65(32-22-45)35-37-74-76(69)75-38-36-66-33-23-46(24-34-66)68(30-2-26-56)78(72,73)48-17-13-44(14-18-48)62-52-58-28-20-50(64-52)60-42-9-5-40(54)6-10-42/h3-20,27-28,45-46,76H,1-2,21-26,29-38,55-56H2,(H2,57,59,61,63)(H2,58,60,62,64). The summed E-state index contributed by atoms with van der Waals surface area (Å²) in [6.45, 7) is 5.14. The van der Waals surface area contributed by atoms with Crippen molar-refractivity contribution < 1.29 is 39.2 Å². The molecule has 2 fully saturated rings. The van der Waals surface area contributed by atoms with Gasteiger partial charge in [0.25, 0.3) is 0 Å². The highest BCUT2D eigenvalue weighted by atomic mass is 32.2. The highest BCUT2D eigenvalue weighted by Crippen LogP contribution is 2.30. The number of benzene rings is 4. The minimum absolute atomic E-state index is 0.156. The molecule has 78 heavy (non-hydrogen) atoms. The zero-order chi connectivity index (χ0) is 54.9. The van der Waals surface area contributed by atoms with E-state index in [-0.39, 0.29) is 71.7 Å². The van der Waals surface area contributed by atoms with E-state index in [2.05, 4.69) is 51.0 Å². The number of hydrogen-bond donors (Lipinski definition) is 6. The number of aromatic nitrogens is 4. The molecule has 418 valence electrons. The number of nitrogens with two attached hydrogens (primary N) is 2. The molecule has 21 nitrogen and oxygen atoms in total. The first-order valence-electron chi connectivity index (χ1n) is 25.9. The molecule has 8 N–H and O–H groups in total. The molecule has 2 saturated heterocycles. The fraction of sp³-hybridized carbons (Fsp3) is 0.385. The Morgan fingerprint density at radius 3 is 1.24 bits per heavy atom. The number of nitrogens with one attached hydrogen (secondary N) is 4. The molecule has 4 aromatic carbocycles. The van der Waals surface area contributed by atoms with Crippen molar-refractivity contribution in [3.8, 4) is 0 Å². The van der Waals surface area contributed by atoms with Crippen molar-refractivity contribution >= 4 is 74.6 Å². The molecule has 0 aliphatic carbocycles. The van der Waals surface area contributed by atoms with E-state index in [4.69, 9.17) is 20.5 Å². The van der Waals surface area contributed by atoms with Gasteiger partial charge < -0.3 is 51.6 Å². The van der Waals surface area contributed by atoms with E-state index in [1.54, 1.807) is 106 Å². The molecule has 0 saturated carbocycles. The van der Waals surface area contributed by atoms with Crippen LogP contribution in [0, 0.1) is 11.6 Å². The van der Waals surface area contributed by atoms with E-state index < -0.39 is 28.3 Å². The van der Waals surface area contributed by atoms with Gasteiger partial charge in [-0.05, 0) is 187 Å². The van der Waals surface area contributed by atoms with Crippen LogP contribution in [0.4, 0.5) is 55.1 Å². The van der Waals surface area contributed by atoms with Gasteiger partial charge in [-0.25, -0.2) is 35.6 Å². The van der Waals surface area contributed by atoms with Crippen LogP contribution in [-0.4, -0.2) is 146 Å². The largest absolute Gasteiger partial charge is 0.340 e. The lowest BCUT2D eigenvalue weighted by atomic mass is 10.0. The first-order chi connectivity index (χ1) is 37.7. The maximum Gasteiger partial charge on any atom is 0.319 e. The Morgan fingerprint density at radius 1 is 0.538 bits per heavy atom. The van der Waals surface area contributed by atoms with E-state index >= 15 is 0 Å². The number of likely N-dealkylation sites (tertiary alicyclic amines) is 2. The van der Waals surface area contributed by atoms with Crippen LogP contribution in [0.15, 0.2) is 131 Å². The second-order valence-corrected chi connectivity index (χ2v) is 23.6. The Hall–Kier alpha value is -6.09. The van der Waals surface area contributed by atoms with Crippen molar-refractivity contribution in [3.63, 3.8) is 0 Å². The fourth-order valence-electron chi connectivity index (χ4n) is 9.20. The first kappa shape index (κ1) is 58.1. The highest BCUT2D eigenvalue weighted by Gasteiger charge is 2.35. The Morgan fingerprint density at radius 2 is 0.885 bits per heavy atom. The van der Waals surface area contributed by atoms with Gasteiger partial charge in [0.2, 0.25) is 31.9 Å². The quantitative estimate of drug-likeness (QED) is 0.0264. The van der Waals surface area contributed by atoms with Crippen LogP contribution in [0.3, 0.4) is 0 Å². The van der Waals surface area contributed by atoms with E-state index in [0.29, 0.717) is 125 Å². The maximum absolute atomic E-state index is 14.1. The molecule has 6 aromatic rings. The minimum atomic E-state index is -3.87. The monoisotopic (exact) mass is 1130 g/mol. The summed E-state index contributed by atoms with van der Waals surface area (Å²) in [6.07, 6.45) is 6.54.